The fourth-order valence-electron chi connectivity index (χ4n) is 1.91. The molecule has 1 amide bonds. The van der Waals surface area contributed by atoms with Gasteiger partial charge < -0.3 is 15.8 Å². The van der Waals surface area contributed by atoms with Gasteiger partial charge >= 0.3 is 0 Å². The summed E-state index contributed by atoms with van der Waals surface area (Å²) in [5.41, 5.74) is 8.95. The van der Waals surface area contributed by atoms with Crippen LogP contribution >= 0.6 is 0 Å². The second kappa shape index (κ2) is 6.73. The summed E-state index contributed by atoms with van der Waals surface area (Å²) < 4.78 is 5.07. The highest BCUT2D eigenvalue weighted by atomic mass is 16.5. The Balaban J connectivity index is 1.97. The standard InChI is InChI=1S/C16H18N2O2/c1-20-11-13-7-5-12(6-8-13)10-18-15-4-2-3-14(9-15)16(17)19/h2-9,18H,10-11H2,1H3,(H2,17,19). The van der Waals surface area contributed by atoms with E-state index in [1.807, 2.05) is 24.3 Å². The van der Waals surface area contributed by atoms with Crippen LogP contribution in [-0.4, -0.2) is 13.0 Å². The highest BCUT2D eigenvalue weighted by Crippen LogP contribution is 2.12. The van der Waals surface area contributed by atoms with Crippen LogP contribution in [0.15, 0.2) is 48.5 Å². The van der Waals surface area contributed by atoms with Crippen LogP contribution in [0, 0.1) is 0 Å². The van der Waals surface area contributed by atoms with Crippen LogP contribution < -0.4 is 11.1 Å². The minimum Gasteiger partial charge on any atom is -0.381 e. The molecule has 0 aromatic heterocycles. The van der Waals surface area contributed by atoms with Crippen LogP contribution in [0.5, 0.6) is 0 Å². The predicted octanol–water partition coefficient (Wildman–Crippen LogP) is 2.54. The van der Waals surface area contributed by atoms with Gasteiger partial charge in [-0.1, -0.05) is 30.3 Å². The Kier molecular flexibility index (Phi) is 4.74. The number of ether oxygens (including phenoxy) is 1. The van der Waals surface area contributed by atoms with Gasteiger partial charge in [0.2, 0.25) is 5.91 Å². The lowest BCUT2D eigenvalue weighted by atomic mass is 10.1. The number of anilines is 1. The maximum Gasteiger partial charge on any atom is 0.248 e. The van der Waals surface area contributed by atoms with Gasteiger partial charge in [-0.3, -0.25) is 4.79 Å². The molecule has 0 fully saturated rings. The van der Waals surface area contributed by atoms with E-state index in [1.54, 1.807) is 19.2 Å². The van der Waals surface area contributed by atoms with Crippen molar-refractivity contribution < 1.29 is 9.53 Å². The highest BCUT2D eigenvalue weighted by molar-refractivity contribution is 5.93. The van der Waals surface area contributed by atoms with Crippen LogP contribution in [0.3, 0.4) is 0 Å². The molecule has 0 aliphatic rings. The second-order valence-electron chi connectivity index (χ2n) is 4.55. The van der Waals surface area contributed by atoms with Crippen molar-refractivity contribution in [3.8, 4) is 0 Å². The average molecular weight is 270 g/mol. The summed E-state index contributed by atoms with van der Waals surface area (Å²) in [4.78, 5) is 11.1. The maximum absolute atomic E-state index is 11.1. The van der Waals surface area contributed by atoms with Crippen molar-refractivity contribution >= 4 is 11.6 Å². The van der Waals surface area contributed by atoms with E-state index < -0.39 is 5.91 Å². The zero-order chi connectivity index (χ0) is 14.4. The van der Waals surface area contributed by atoms with E-state index in [9.17, 15) is 4.79 Å². The van der Waals surface area contributed by atoms with Crippen molar-refractivity contribution in [3.05, 3.63) is 65.2 Å². The zero-order valence-corrected chi connectivity index (χ0v) is 11.4. The smallest absolute Gasteiger partial charge is 0.248 e. The SMILES string of the molecule is COCc1ccc(CNc2cccc(C(N)=O)c2)cc1. The number of rotatable bonds is 6. The Morgan fingerprint density at radius 1 is 1.15 bits per heavy atom. The topological polar surface area (TPSA) is 64.3 Å². The zero-order valence-electron chi connectivity index (χ0n) is 11.4. The van der Waals surface area contributed by atoms with Crippen LogP contribution in [0.2, 0.25) is 0 Å². The number of hydrogen-bond acceptors (Lipinski definition) is 3. The summed E-state index contributed by atoms with van der Waals surface area (Å²) in [5.74, 6) is -0.419. The molecule has 0 aliphatic heterocycles. The molecule has 0 heterocycles. The van der Waals surface area contributed by atoms with E-state index in [4.69, 9.17) is 10.5 Å². The van der Waals surface area contributed by atoms with Gasteiger partial charge in [0.15, 0.2) is 0 Å². The molecule has 4 nitrogen and oxygen atoms in total. The number of nitrogens with two attached hydrogens (primary N) is 1. The normalized spacial score (nSPS) is 10.2. The lowest BCUT2D eigenvalue weighted by Crippen LogP contribution is -2.11. The molecule has 0 aliphatic carbocycles. The molecule has 0 saturated heterocycles. The van der Waals surface area contributed by atoms with Crippen molar-refractivity contribution in [1.29, 1.82) is 0 Å². The lowest BCUT2D eigenvalue weighted by molar-refractivity contribution is 0.100. The van der Waals surface area contributed by atoms with Crippen LogP contribution in [0.4, 0.5) is 5.69 Å². The van der Waals surface area contributed by atoms with Crippen molar-refractivity contribution in [3.63, 3.8) is 0 Å². The molecule has 0 spiro atoms. The van der Waals surface area contributed by atoms with E-state index in [-0.39, 0.29) is 0 Å². The van der Waals surface area contributed by atoms with Crippen molar-refractivity contribution in [2.24, 2.45) is 5.73 Å². The summed E-state index contributed by atoms with van der Waals surface area (Å²) >= 11 is 0. The quantitative estimate of drug-likeness (QED) is 0.847. The third-order valence-corrected chi connectivity index (χ3v) is 2.98. The largest absolute Gasteiger partial charge is 0.381 e. The Labute approximate surface area is 118 Å². The third-order valence-electron chi connectivity index (χ3n) is 2.98. The van der Waals surface area contributed by atoms with Crippen LogP contribution in [0.1, 0.15) is 21.5 Å². The second-order valence-corrected chi connectivity index (χ2v) is 4.55. The van der Waals surface area contributed by atoms with Crippen LogP contribution in [0.25, 0.3) is 0 Å². The monoisotopic (exact) mass is 270 g/mol. The Bertz CT molecular complexity index is 579. The minimum absolute atomic E-state index is 0.419. The van der Waals surface area contributed by atoms with Gasteiger partial charge in [0, 0.05) is 24.9 Å². The lowest BCUT2D eigenvalue weighted by Gasteiger charge is -2.08. The summed E-state index contributed by atoms with van der Waals surface area (Å²) in [6, 6.07) is 15.4. The molecule has 0 bridgehead atoms. The Hall–Kier alpha value is -2.33. The number of carbonyl (C=O) groups excluding carboxylic acids is 1. The van der Waals surface area contributed by atoms with E-state index in [1.165, 1.54) is 0 Å². The number of methoxy groups -OCH3 is 1. The van der Waals surface area contributed by atoms with E-state index in [0.29, 0.717) is 18.7 Å². The number of amides is 1. The van der Waals surface area contributed by atoms with E-state index >= 15 is 0 Å². The molecule has 2 rings (SSSR count). The molecule has 0 unspecified atom stereocenters. The van der Waals surface area contributed by atoms with Gasteiger partial charge in [-0.05, 0) is 29.3 Å². The molecule has 4 heteroatoms. The molecular formula is C16H18N2O2. The fraction of sp³-hybridized carbons (Fsp3) is 0.188. The summed E-state index contributed by atoms with van der Waals surface area (Å²) in [6.45, 7) is 1.31. The fourth-order valence-corrected chi connectivity index (χ4v) is 1.91. The van der Waals surface area contributed by atoms with Crippen molar-refractivity contribution in [1.82, 2.24) is 0 Å². The average Bonchev–Trinajstić information content (AvgIpc) is 2.47. The number of primary amides is 1. The van der Waals surface area contributed by atoms with E-state index in [2.05, 4.69) is 17.4 Å². The molecule has 0 atom stereocenters. The number of nitrogens with one attached hydrogen (secondary N) is 1. The predicted molar refractivity (Wildman–Crippen MR) is 79.4 cm³/mol. The Morgan fingerprint density at radius 2 is 1.85 bits per heavy atom. The van der Waals surface area contributed by atoms with Gasteiger partial charge in [0.05, 0.1) is 6.61 Å². The molecule has 104 valence electrons. The summed E-state index contributed by atoms with van der Waals surface area (Å²) in [5, 5.41) is 3.27. The minimum atomic E-state index is -0.419. The van der Waals surface area contributed by atoms with Gasteiger partial charge in [-0.25, -0.2) is 0 Å². The van der Waals surface area contributed by atoms with Gasteiger partial charge in [0.1, 0.15) is 0 Å². The number of benzene rings is 2. The molecule has 20 heavy (non-hydrogen) atoms. The van der Waals surface area contributed by atoms with Crippen molar-refractivity contribution in [2.45, 2.75) is 13.2 Å². The molecule has 0 saturated carbocycles. The van der Waals surface area contributed by atoms with Gasteiger partial charge in [-0.2, -0.15) is 0 Å². The van der Waals surface area contributed by atoms with Crippen molar-refractivity contribution in [2.75, 3.05) is 12.4 Å². The third kappa shape index (κ3) is 3.83. The first-order valence-corrected chi connectivity index (χ1v) is 6.39. The van der Waals surface area contributed by atoms with Gasteiger partial charge in [-0.15, -0.1) is 0 Å². The number of carbonyl (C=O) groups is 1. The molecular weight excluding hydrogens is 252 g/mol. The first kappa shape index (κ1) is 14.1. The first-order chi connectivity index (χ1) is 9.69. The summed E-state index contributed by atoms with van der Waals surface area (Å²) in [7, 11) is 1.68. The molecule has 0 radical (unpaired) electrons. The Morgan fingerprint density at radius 3 is 2.50 bits per heavy atom. The highest BCUT2D eigenvalue weighted by Gasteiger charge is 2.01. The molecule has 3 N–H and O–H groups in total. The maximum atomic E-state index is 11.1. The van der Waals surface area contributed by atoms with Gasteiger partial charge in [0.25, 0.3) is 0 Å². The summed E-state index contributed by atoms with van der Waals surface area (Å²) in [6.07, 6.45) is 0. The molecule has 2 aromatic rings. The van der Waals surface area contributed by atoms with E-state index in [0.717, 1.165) is 16.8 Å². The number of hydrogen-bond donors (Lipinski definition) is 2. The van der Waals surface area contributed by atoms with Crippen LogP contribution in [-0.2, 0) is 17.9 Å². The first-order valence-electron chi connectivity index (χ1n) is 6.39. The molecule has 2 aromatic carbocycles.